The van der Waals surface area contributed by atoms with Gasteiger partial charge < -0.3 is 4.57 Å². The zero-order valence-electron chi connectivity index (χ0n) is 25.0. The number of hydrogen-bond acceptors (Lipinski definition) is 2. The van der Waals surface area contributed by atoms with Crippen LogP contribution < -0.4 is 0 Å². The summed E-state index contributed by atoms with van der Waals surface area (Å²) in [7, 11) is 0. The molecule has 0 saturated carbocycles. The van der Waals surface area contributed by atoms with E-state index in [4.69, 9.17) is 0 Å². The summed E-state index contributed by atoms with van der Waals surface area (Å²) in [5.74, 6) is 0.341. The number of rotatable bonds is 2. The number of thiophene rings is 1. The van der Waals surface area contributed by atoms with Gasteiger partial charge in [0.05, 0.1) is 16.8 Å². The Morgan fingerprint density at radius 1 is 0.750 bits per heavy atom. The lowest BCUT2D eigenvalue weighted by Crippen LogP contribution is -2.14. The molecule has 0 N–H and O–H groups in total. The van der Waals surface area contributed by atoms with Crippen molar-refractivity contribution in [3.63, 3.8) is 0 Å². The van der Waals surface area contributed by atoms with Crippen molar-refractivity contribution in [3.8, 4) is 34.0 Å². The van der Waals surface area contributed by atoms with Crippen molar-refractivity contribution >= 4 is 48.5 Å². The Labute approximate surface area is 261 Å². The molecule has 0 radical (unpaired) electrons. The van der Waals surface area contributed by atoms with Gasteiger partial charge in [-0.2, -0.15) is 5.26 Å². The fourth-order valence-electron chi connectivity index (χ4n) is 8.03. The lowest BCUT2D eigenvalue weighted by molar-refractivity contribution is 0.661. The first-order chi connectivity index (χ1) is 21.5. The van der Waals surface area contributed by atoms with Gasteiger partial charge in [0.2, 0.25) is 0 Å². The predicted octanol–water partition coefficient (Wildman–Crippen LogP) is 11.4. The number of nitriles is 1. The molecule has 1 atom stereocenters. The third kappa shape index (κ3) is 3.24. The average Bonchev–Trinajstić information content (AvgIpc) is 3.67. The van der Waals surface area contributed by atoms with Crippen LogP contribution in [0.1, 0.15) is 61.1 Å². The number of aromatic nitrogens is 1. The van der Waals surface area contributed by atoms with Crippen molar-refractivity contribution < 1.29 is 0 Å². The third-order valence-corrected chi connectivity index (χ3v) is 11.3. The highest BCUT2D eigenvalue weighted by atomic mass is 32.1. The van der Waals surface area contributed by atoms with Crippen molar-refractivity contribution in [1.82, 2.24) is 4.57 Å². The minimum absolute atomic E-state index is 0.0346. The van der Waals surface area contributed by atoms with Crippen LogP contribution in [0.2, 0.25) is 0 Å². The normalized spacial score (nSPS) is 16.3. The fraction of sp³-hybridized carbons (Fsp3) is 0.146. The molecule has 0 saturated heterocycles. The first-order valence-corrected chi connectivity index (χ1v) is 16.2. The summed E-state index contributed by atoms with van der Waals surface area (Å²) in [5, 5.41) is 14.3. The molecule has 210 valence electrons. The number of hydrogen-bond donors (Lipinski definition) is 0. The monoisotopic (exact) mass is 582 g/mol. The number of para-hydroxylation sites is 2. The Bertz CT molecular complexity index is 2420. The Morgan fingerprint density at radius 2 is 1.48 bits per heavy atom. The number of allylic oxidation sites excluding steroid dienone is 1. The molecule has 0 fully saturated rings. The Morgan fingerprint density at radius 3 is 2.36 bits per heavy atom. The largest absolute Gasteiger partial charge is 0.311 e. The van der Waals surface area contributed by atoms with E-state index in [9.17, 15) is 5.26 Å². The van der Waals surface area contributed by atoms with E-state index in [1.54, 1.807) is 0 Å². The van der Waals surface area contributed by atoms with Crippen LogP contribution in [0.15, 0.2) is 103 Å². The van der Waals surface area contributed by atoms with E-state index in [1.807, 2.05) is 23.5 Å². The molecule has 7 aromatic rings. The number of fused-ring (bicyclic) bond motifs is 10. The second-order valence-corrected chi connectivity index (χ2v) is 13.8. The smallest absolute Gasteiger partial charge is 0.101 e. The van der Waals surface area contributed by atoms with Gasteiger partial charge in [0.1, 0.15) is 6.07 Å². The molecule has 0 bridgehead atoms. The fourth-order valence-corrected chi connectivity index (χ4v) is 9.42. The Kier molecular flexibility index (Phi) is 5.26. The molecule has 1 unspecified atom stereocenters. The summed E-state index contributed by atoms with van der Waals surface area (Å²) in [6.07, 6.45) is 5.55. The topological polar surface area (TPSA) is 28.7 Å². The van der Waals surface area contributed by atoms with Gasteiger partial charge in [0, 0.05) is 64.8 Å². The zero-order valence-corrected chi connectivity index (χ0v) is 25.8. The van der Waals surface area contributed by atoms with Crippen LogP contribution in [0, 0.1) is 11.3 Å². The number of nitrogens with zero attached hydrogens (tertiary/aromatic N) is 2. The summed E-state index contributed by atoms with van der Waals surface area (Å²) in [6.45, 7) is 7.00. The summed E-state index contributed by atoms with van der Waals surface area (Å²) >= 11 is 1.90. The van der Waals surface area contributed by atoms with Crippen LogP contribution in [0.3, 0.4) is 0 Å². The third-order valence-electron chi connectivity index (χ3n) is 10.1. The molecule has 2 heterocycles. The van der Waals surface area contributed by atoms with Crippen molar-refractivity contribution in [1.29, 1.82) is 5.26 Å². The molecular weight excluding hydrogens is 553 g/mol. The molecule has 2 nitrogen and oxygen atoms in total. The molecule has 2 aromatic heterocycles. The average molecular weight is 583 g/mol. The van der Waals surface area contributed by atoms with Gasteiger partial charge >= 0.3 is 0 Å². The van der Waals surface area contributed by atoms with Crippen molar-refractivity contribution in [2.24, 2.45) is 0 Å². The van der Waals surface area contributed by atoms with E-state index >= 15 is 0 Å². The maximum absolute atomic E-state index is 10.5. The summed E-state index contributed by atoms with van der Waals surface area (Å²) in [6, 6.07) is 37.7. The van der Waals surface area contributed by atoms with Gasteiger partial charge in [-0.3, -0.25) is 0 Å². The summed E-state index contributed by atoms with van der Waals surface area (Å²) < 4.78 is 5.02. The molecule has 9 rings (SSSR count). The van der Waals surface area contributed by atoms with Crippen LogP contribution in [0.4, 0.5) is 0 Å². The van der Waals surface area contributed by atoms with Crippen LogP contribution in [-0.2, 0) is 5.41 Å². The second kappa shape index (κ2) is 9.05. The van der Waals surface area contributed by atoms with Gasteiger partial charge in [-0.25, -0.2) is 0 Å². The van der Waals surface area contributed by atoms with E-state index in [-0.39, 0.29) is 5.41 Å². The SMILES string of the molecule is CC1CC=Cc2c1n(-c1c(C#N)cccc1-c1cccc3c1sc1c4c(ccc13)C(C)(C)c1ccccc1-4)c1ccccc21. The van der Waals surface area contributed by atoms with Gasteiger partial charge in [-0.1, -0.05) is 118 Å². The van der Waals surface area contributed by atoms with E-state index in [2.05, 4.69) is 128 Å². The van der Waals surface area contributed by atoms with Gasteiger partial charge in [-0.15, -0.1) is 11.3 Å². The molecule has 5 aromatic carbocycles. The predicted molar refractivity (Wildman–Crippen MR) is 186 cm³/mol. The molecule has 2 aliphatic carbocycles. The molecule has 3 heteroatoms. The van der Waals surface area contributed by atoms with Crippen LogP contribution in [0.5, 0.6) is 0 Å². The Hall–Kier alpha value is -4.91. The first-order valence-electron chi connectivity index (χ1n) is 15.4. The molecule has 0 spiro atoms. The van der Waals surface area contributed by atoms with Gasteiger partial charge in [0.15, 0.2) is 0 Å². The van der Waals surface area contributed by atoms with E-state index in [1.165, 1.54) is 64.6 Å². The van der Waals surface area contributed by atoms with Gasteiger partial charge in [0.25, 0.3) is 0 Å². The quantitative estimate of drug-likeness (QED) is 0.199. The lowest BCUT2D eigenvalue weighted by atomic mass is 9.82. The lowest BCUT2D eigenvalue weighted by Gasteiger charge is -2.22. The van der Waals surface area contributed by atoms with Gasteiger partial charge in [-0.05, 0) is 35.2 Å². The Balaban J connectivity index is 1.38. The second-order valence-electron chi connectivity index (χ2n) is 12.8. The van der Waals surface area contributed by atoms with Crippen LogP contribution in [-0.4, -0.2) is 4.57 Å². The molecule has 0 amide bonds. The van der Waals surface area contributed by atoms with Crippen molar-refractivity contribution in [2.75, 3.05) is 0 Å². The summed E-state index contributed by atoms with van der Waals surface area (Å²) in [5.41, 5.74) is 13.2. The number of benzene rings is 5. The highest BCUT2D eigenvalue weighted by Crippen LogP contribution is 2.54. The van der Waals surface area contributed by atoms with Crippen molar-refractivity contribution in [3.05, 3.63) is 131 Å². The highest BCUT2D eigenvalue weighted by Gasteiger charge is 2.37. The van der Waals surface area contributed by atoms with E-state index in [0.717, 1.165) is 23.2 Å². The molecular formula is C41H30N2S. The maximum atomic E-state index is 10.5. The molecule has 0 aliphatic heterocycles. The molecule has 44 heavy (non-hydrogen) atoms. The zero-order chi connectivity index (χ0) is 29.7. The van der Waals surface area contributed by atoms with E-state index in [0.29, 0.717) is 11.5 Å². The van der Waals surface area contributed by atoms with Crippen LogP contribution in [0.25, 0.3) is 65.1 Å². The summed E-state index contributed by atoms with van der Waals surface area (Å²) in [4.78, 5) is 0. The standard InChI is InChI=1S/C41H30N2S/c1-24-11-8-15-27-26-13-5-7-20-35(26)43(37(24)27)38-25(23-42)12-9-16-28(38)29-17-10-18-30-31-21-22-34-36(40(31)44-39(29)30)32-14-4-6-19-33(32)41(34,2)3/h4-10,12-22,24H,11H2,1-3H3. The highest BCUT2D eigenvalue weighted by molar-refractivity contribution is 7.27. The minimum Gasteiger partial charge on any atom is -0.311 e. The van der Waals surface area contributed by atoms with E-state index < -0.39 is 0 Å². The molecule has 2 aliphatic rings. The minimum atomic E-state index is -0.0346. The van der Waals surface area contributed by atoms with Crippen LogP contribution >= 0.6 is 11.3 Å². The first kappa shape index (κ1) is 25.6. The maximum Gasteiger partial charge on any atom is 0.101 e. The van der Waals surface area contributed by atoms with Crippen molar-refractivity contribution in [2.45, 2.75) is 38.5 Å².